The van der Waals surface area contributed by atoms with E-state index >= 15 is 0 Å². The highest BCUT2D eigenvalue weighted by Crippen LogP contribution is 2.23. The number of hydrogen-bond donors (Lipinski definition) is 2. The molecule has 0 saturated carbocycles. The number of amides is 3. The predicted octanol–water partition coefficient (Wildman–Crippen LogP) is 1.78. The number of carbonyl (C=O) groups excluding carboxylic acids is 2. The number of benzene rings is 1. The first kappa shape index (κ1) is 18.9. The Morgan fingerprint density at radius 1 is 1.37 bits per heavy atom. The molecule has 1 aromatic carbocycles. The molecule has 1 saturated heterocycles. The topological polar surface area (TPSA) is 89.4 Å². The van der Waals surface area contributed by atoms with Crippen molar-refractivity contribution in [2.24, 2.45) is 10.1 Å². The monoisotopic (exact) mass is 388 g/mol. The summed E-state index contributed by atoms with van der Waals surface area (Å²) >= 11 is 5.92. The fourth-order valence-electron chi connectivity index (χ4n) is 2.93. The van der Waals surface area contributed by atoms with Gasteiger partial charge in [0.05, 0.1) is 5.71 Å². The number of rotatable bonds is 4. The predicted molar refractivity (Wildman–Crippen MR) is 105 cm³/mol. The summed E-state index contributed by atoms with van der Waals surface area (Å²) in [5.74, 6) is 0.0691. The summed E-state index contributed by atoms with van der Waals surface area (Å²) < 4.78 is 0. The van der Waals surface area contributed by atoms with Crippen molar-refractivity contribution in [2.45, 2.75) is 26.1 Å². The number of hydrogen-bond acceptors (Lipinski definition) is 6. The zero-order valence-corrected chi connectivity index (χ0v) is 16.1. The van der Waals surface area contributed by atoms with E-state index in [0.29, 0.717) is 17.5 Å². The van der Waals surface area contributed by atoms with Crippen LogP contribution in [-0.2, 0) is 4.79 Å². The van der Waals surface area contributed by atoms with Crippen molar-refractivity contribution in [2.75, 3.05) is 13.6 Å². The zero-order valence-electron chi connectivity index (χ0n) is 15.3. The average molecular weight is 389 g/mol. The maximum absolute atomic E-state index is 12.4. The highest BCUT2D eigenvalue weighted by Gasteiger charge is 2.48. The van der Waals surface area contributed by atoms with Crippen LogP contribution in [0.1, 0.15) is 19.4 Å². The molecule has 8 nitrogen and oxygen atoms in total. The summed E-state index contributed by atoms with van der Waals surface area (Å²) in [7, 11) is 1.61. The number of guanidine groups is 1. The number of fused-ring (bicyclic) bond motifs is 1. The minimum Gasteiger partial charge on any atom is -0.322 e. The molecule has 142 valence electrons. The molecule has 0 radical (unpaired) electrons. The number of urea groups is 1. The van der Waals surface area contributed by atoms with Gasteiger partial charge in [-0.3, -0.25) is 10.1 Å². The first-order chi connectivity index (χ1) is 12.9. The van der Waals surface area contributed by atoms with Gasteiger partial charge in [0, 0.05) is 18.6 Å². The Hall–Kier alpha value is -2.87. The van der Waals surface area contributed by atoms with Crippen LogP contribution in [0.25, 0.3) is 0 Å². The lowest BCUT2D eigenvalue weighted by Crippen LogP contribution is -2.64. The van der Waals surface area contributed by atoms with Gasteiger partial charge in [0.1, 0.15) is 0 Å². The maximum Gasteiger partial charge on any atom is 0.325 e. The van der Waals surface area contributed by atoms with E-state index in [2.05, 4.69) is 20.8 Å². The molecule has 2 atom stereocenters. The number of nitrogens with zero attached hydrogens (tertiary/aromatic N) is 4. The fraction of sp³-hybridized carbons (Fsp3) is 0.333. The van der Waals surface area contributed by atoms with Crippen LogP contribution in [0, 0.1) is 0 Å². The van der Waals surface area contributed by atoms with E-state index in [1.54, 1.807) is 24.1 Å². The lowest BCUT2D eigenvalue weighted by atomic mass is 10.1. The van der Waals surface area contributed by atoms with Gasteiger partial charge in [0.15, 0.2) is 12.2 Å². The van der Waals surface area contributed by atoms with Gasteiger partial charge in [-0.05, 0) is 31.5 Å². The van der Waals surface area contributed by atoms with Crippen molar-refractivity contribution < 1.29 is 9.59 Å². The molecule has 27 heavy (non-hydrogen) atoms. The van der Waals surface area contributed by atoms with E-state index in [1.165, 1.54) is 4.90 Å². The van der Waals surface area contributed by atoms with Crippen LogP contribution in [0.5, 0.6) is 0 Å². The second kappa shape index (κ2) is 7.79. The first-order valence-electron chi connectivity index (χ1n) is 8.52. The summed E-state index contributed by atoms with van der Waals surface area (Å²) in [6.07, 6.45) is 3.21. The second-order valence-corrected chi connectivity index (χ2v) is 6.69. The molecule has 3 amide bonds. The molecule has 1 fully saturated rings. The summed E-state index contributed by atoms with van der Waals surface area (Å²) in [5, 5.41) is 7.39. The van der Waals surface area contributed by atoms with Crippen molar-refractivity contribution in [3.63, 3.8) is 0 Å². The molecule has 2 aliphatic rings. The molecule has 2 aliphatic heterocycles. The Balaban J connectivity index is 1.85. The third kappa shape index (κ3) is 3.80. The minimum atomic E-state index is -0.600. The third-order valence-corrected chi connectivity index (χ3v) is 4.74. The molecule has 2 heterocycles. The van der Waals surface area contributed by atoms with Crippen LogP contribution < -0.4 is 10.7 Å². The van der Waals surface area contributed by atoms with Gasteiger partial charge < -0.3 is 9.80 Å². The third-order valence-electron chi connectivity index (χ3n) is 4.48. The van der Waals surface area contributed by atoms with Crippen molar-refractivity contribution in [3.8, 4) is 0 Å². The molecule has 1 aromatic rings. The van der Waals surface area contributed by atoms with E-state index in [1.807, 2.05) is 38.1 Å². The lowest BCUT2D eigenvalue weighted by Gasteiger charge is -2.35. The summed E-state index contributed by atoms with van der Waals surface area (Å²) in [4.78, 5) is 32.0. The number of hydrazone groups is 1. The van der Waals surface area contributed by atoms with Crippen molar-refractivity contribution in [1.29, 1.82) is 0 Å². The molecule has 0 bridgehead atoms. The van der Waals surface area contributed by atoms with Crippen LogP contribution in [0.15, 0.2) is 46.5 Å². The highest BCUT2D eigenvalue weighted by atomic mass is 35.5. The number of halogens is 1. The molecular weight excluding hydrogens is 368 g/mol. The van der Waals surface area contributed by atoms with Gasteiger partial charge >= 0.3 is 6.03 Å². The Morgan fingerprint density at radius 2 is 2.07 bits per heavy atom. The Bertz CT molecular complexity index is 833. The van der Waals surface area contributed by atoms with E-state index in [0.717, 1.165) is 11.3 Å². The smallest absolute Gasteiger partial charge is 0.322 e. The van der Waals surface area contributed by atoms with E-state index in [4.69, 9.17) is 11.6 Å². The molecule has 3 rings (SSSR count). The van der Waals surface area contributed by atoms with E-state index in [9.17, 15) is 9.59 Å². The van der Waals surface area contributed by atoms with Gasteiger partial charge in [-0.25, -0.2) is 15.2 Å². The number of allylic oxidation sites excluding steroid dienone is 1. The number of nitrogens with one attached hydrogen (secondary N) is 2. The van der Waals surface area contributed by atoms with E-state index in [-0.39, 0.29) is 5.91 Å². The minimum absolute atomic E-state index is 0.369. The van der Waals surface area contributed by atoms with E-state index < -0.39 is 18.2 Å². The van der Waals surface area contributed by atoms with Gasteiger partial charge in [0.25, 0.3) is 5.91 Å². The quantitative estimate of drug-likeness (QED) is 0.467. The molecule has 2 unspecified atom stereocenters. The van der Waals surface area contributed by atoms with Crippen LogP contribution in [0.3, 0.4) is 0 Å². The fourth-order valence-corrected chi connectivity index (χ4v) is 3.05. The molecule has 0 aliphatic carbocycles. The van der Waals surface area contributed by atoms with Crippen LogP contribution in [-0.4, -0.2) is 59.2 Å². The largest absolute Gasteiger partial charge is 0.325 e. The second-order valence-electron chi connectivity index (χ2n) is 6.25. The average Bonchev–Trinajstić information content (AvgIpc) is 3.02. The van der Waals surface area contributed by atoms with Crippen molar-refractivity contribution in [1.82, 2.24) is 20.5 Å². The Morgan fingerprint density at radius 3 is 2.74 bits per heavy atom. The summed E-state index contributed by atoms with van der Waals surface area (Å²) in [6, 6.07) is 6.27. The lowest BCUT2D eigenvalue weighted by molar-refractivity contribution is -0.126. The molecule has 2 N–H and O–H groups in total. The first-order valence-corrected chi connectivity index (χ1v) is 8.89. The number of likely N-dealkylation sites (N-methyl/N-ethyl adjacent to an activating group) is 1. The SMILES string of the molecule is C/C=C/CN1C(N/N=C(/C)c2ccc(Cl)cc2)=NC2C1C(=O)NC(=O)N2C. The molecular formula is C18H21ClN6O2. The van der Waals surface area contributed by atoms with Gasteiger partial charge in [-0.15, -0.1) is 0 Å². The number of imide groups is 1. The highest BCUT2D eigenvalue weighted by molar-refractivity contribution is 6.30. The molecule has 0 aromatic heterocycles. The van der Waals surface area contributed by atoms with Crippen molar-refractivity contribution in [3.05, 3.63) is 47.0 Å². The Labute approximate surface area is 162 Å². The maximum atomic E-state index is 12.4. The zero-order chi connectivity index (χ0) is 19.6. The van der Waals surface area contributed by atoms with Crippen LogP contribution in [0.4, 0.5) is 4.79 Å². The summed E-state index contributed by atoms with van der Waals surface area (Å²) in [6.45, 7) is 4.23. The Kier molecular flexibility index (Phi) is 5.46. The van der Waals surface area contributed by atoms with Crippen molar-refractivity contribution >= 4 is 35.2 Å². The van der Waals surface area contributed by atoms with Crippen LogP contribution in [0.2, 0.25) is 5.02 Å². The van der Waals surface area contributed by atoms with Crippen LogP contribution >= 0.6 is 11.6 Å². The number of aliphatic imine (C=N–C) groups is 1. The standard InChI is InChI=1S/C18H21ClN6O2/c1-4-5-10-25-14-15(24(3)18(27)21-16(14)26)20-17(25)23-22-11(2)12-6-8-13(19)9-7-12/h4-9,14-15H,10H2,1-3H3,(H,20,23)(H,21,26,27)/b5-4+,22-11-. The van der Waals surface area contributed by atoms with Gasteiger partial charge in [-0.1, -0.05) is 35.9 Å². The summed E-state index contributed by atoms with van der Waals surface area (Å²) in [5.41, 5.74) is 4.59. The van der Waals surface area contributed by atoms with Gasteiger partial charge in [0.2, 0.25) is 5.96 Å². The molecule has 9 heteroatoms. The normalized spacial score (nSPS) is 22.8. The number of carbonyl (C=O) groups is 2. The molecule has 0 spiro atoms. The van der Waals surface area contributed by atoms with Gasteiger partial charge in [-0.2, -0.15) is 5.10 Å².